The number of hydrogen-bond donors (Lipinski definition) is 1. The van der Waals surface area contributed by atoms with Gasteiger partial charge in [-0.25, -0.2) is 13.8 Å². The maximum atomic E-state index is 12.7. The van der Waals surface area contributed by atoms with Crippen LogP contribution >= 0.6 is 11.6 Å². The molecular weight excluding hydrogens is 390 g/mol. The molecular formula is C18H20ClN3O4S. The zero-order valence-electron chi connectivity index (χ0n) is 15.1. The van der Waals surface area contributed by atoms with Gasteiger partial charge < -0.3 is 4.74 Å². The molecule has 1 amide bonds. The van der Waals surface area contributed by atoms with Crippen LogP contribution in [0.2, 0.25) is 5.02 Å². The van der Waals surface area contributed by atoms with Crippen molar-refractivity contribution in [3.63, 3.8) is 0 Å². The Morgan fingerprint density at radius 2 is 2.04 bits per heavy atom. The Hall–Kier alpha value is -2.42. The molecule has 0 aliphatic rings. The number of rotatable bonds is 7. The minimum atomic E-state index is -3.90. The lowest BCUT2D eigenvalue weighted by molar-refractivity contribution is -0.121. The second kappa shape index (κ2) is 8.98. The van der Waals surface area contributed by atoms with Crippen LogP contribution in [0.4, 0.5) is 0 Å². The van der Waals surface area contributed by atoms with Crippen LogP contribution in [0.3, 0.4) is 0 Å². The fourth-order valence-corrected chi connectivity index (χ4v) is 3.80. The third-order valence-corrected chi connectivity index (χ3v) is 5.68. The van der Waals surface area contributed by atoms with Gasteiger partial charge in [0.25, 0.3) is 5.91 Å². The molecule has 0 saturated carbocycles. The monoisotopic (exact) mass is 409 g/mol. The van der Waals surface area contributed by atoms with Crippen LogP contribution in [0.25, 0.3) is 0 Å². The lowest BCUT2D eigenvalue weighted by Gasteiger charge is -2.18. The molecule has 0 fully saturated rings. The molecule has 0 aliphatic carbocycles. The summed E-state index contributed by atoms with van der Waals surface area (Å²) in [6, 6.07) is 11.7. The molecule has 2 rings (SSSR count). The standard InChI is InChI=1S/C18H20ClN3O4S/c1-13-7-8-16(26-3)17(9-13)27(24,25)22(2)12-18(23)21-20-11-14-5-4-6-15(19)10-14/h4-11H,12H2,1-3H3,(H,21,23). The minimum Gasteiger partial charge on any atom is -0.495 e. The number of carbonyl (C=O) groups is 1. The number of benzene rings is 2. The number of carbonyl (C=O) groups excluding carboxylic acids is 1. The molecule has 0 bridgehead atoms. The molecule has 0 heterocycles. The van der Waals surface area contributed by atoms with Crippen LogP contribution in [-0.2, 0) is 14.8 Å². The van der Waals surface area contributed by atoms with Gasteiger partial charge in [-0.3, -0.25) is 4.79 Å². The van der Waals surface area contributed by atoms with Gasteiger partial charge in [-0.2, -0.15) is 9.41 Å². The van der Waals surface area contributed by atoms with Crippen molar-refractivity contribution >= 4 is 33.7 Å². The van der Waals surface area contributed by atoms with E-state index in [4.69, 9.17) is 16.3 Å². The van der Waals surface area contributed by atoms with Crippen LogP contribution < -0.4 is 10.2 Å². The number of amides is 1. The van der Waals surface area contributed by atoms with Gasteiger partial charge in [-0.1, -0.05) is 29.8 Å². The fraction of sp³-hybridized carbons (Fsp3) is 0.222. The van der Waals surface area contributed by atoms with E-state index in [1.54, 1.807) is 43.3 Å². The quantitative estimate of drug-likeness (QED) is 0.562. The van der Waals surface area contributed by atoms with Crippen molar-refractivity contribution in [2.45, 2.75) is 11.8 Å². The van der Waals surface area contributed by atoms with E-state index in [2.05, 4.69) is 10.5 Å². The SMILES string of the molecule is COc1ccc(C)cc1S(=O)(=O)N(C)CC(=O)NN=Cc1cccc(Cl)c1. The summed E-state index contributed by atoms with van der Waals surface area (Å²) in [5, 5.41) is 4.35. The number of methoxy groups -OCH3 is 1. The summed E-state index contributed by atoms with van der Waals surface area (Å²) in [7, 11) is -1.20. The highest BCUT2D eigenvalue weighted by atomic mass is 35.5. The average Bonchev–Trinajstić information content (AvgIpc) is 2.61. The summed E-state index contributed by atoms with van der Waals surface area (Å²) < 4.78 is 31.6. The number of nitrogens with zero attached hydrogens (tertiary/aromatic N) is 2. The molecule has 144 valence electrons. The number of hydrogen-bond acceptors (Lipinski definition) is 5. The Morgan fingerprint density at radius 1 is 1.30 bits per heavy atom. The van der Waals surface area contributed by atoms with Crippen molar-refractivity contribution in [1.29, 1.82) is 0 Å². The topological polar surface area (TPSA) is 88.1 Å². The zero-order chi connectivity index (χ0) is 20.0. The second-order valence-corrected chi connectivity index (χ2v) is 8.21. The highest BCUT2D eigenvalue weighted by Crippen LogP contribution is 2.27. The van der Waals surface area contributed by atoms with Crippen molar-refractivity contribution in [2.24, 2.45) is 5.10 Å². The lowest BCUT2D eigenvalue weighted by atomic mass is 10.2. The first-order valence-electron chi connectivity index (χ1n) is 7.92. The van der Waals surface area contributed by atoms with Crippen molar-refractivity contribution in [3.05, 3.63) is 58.6 Å². The molecule has 0 aromatic heterocycles. The van der Waals surface area contributed by atoms with E-state index in [-0.39, 0.29) is 10.6 Å². The number of halogens is 1. The van der Waals surface area contributed by atoms with Gasteiger partial charge in [0.2, 0.25) is 10.0 Å². The Kier molecular flexibility index (Phi) is 6.95. The predicted molar refractivity (Wildman–Crippen MR) is 105 cm³/mol. The van der Waals surface area contributed by atoms with Gasteiger partial charge in [0.1, 0.15) is 10.6 Å². The maximum absolute atomic E-state index is 12.7. The molecule has 2 aromatic rings. The third-order valence-electron chi connectivity index (χ3n) is 3.63. The molecule has 0 radical (unpaired) electrons. The van der Waals surface area contributed by atoms with Crippen molar-refractivity contribution < 1.29 is 17.9 Å². The molecule has 27 heavy (non-hydrogen) atoms. The van der Waals surface area contributed by atoms with E-state index in [1.807, 2.05) is 0 Å². The molecule has 9 heteroatoms. The highest BCUT2D eigenvalue weighted by molar-refractivity contribution is 7.89. The van der Waals surface area contributed by atoms with E-state index in [1.165, 1.54) is 26.4 Å². The molecule has 0 atom stereocenters. The smallest absolute Gasteiger partial charge is 0.255 e. The number of sulfonamides is 1. The first-order valence-corrected chi connectivity index (χ1v) is 9.74. The first-order chi connectivity index (χ1) is 12.7. The Bertz CT molecular complexity index is 961. The normalized spacial score (nSPS) is 11.7. The molecule has 0 saturated heterocycles. The molecule has 2 aromatic carbocycles. The number of hydrazone groups is 1. The molecule has 7 nitrogen and oxygen atoms in total. The maximum Gasteiger partial charge on any atom is 0.255 e. The van der Waals surface area contributed by atoms with Crippen LogP contribution in [0, 0.1) is 6.92 Å². The van der Waals surface area contributed by atoms with E-state index in [9.17, 15) is 13.2 Å². The van der Waals surface area contributed by atoms with Gasteiger partial charge in [-0.15, -0.1) is 0 Å². The Labute approximate surface area is 163 Å². The van der Waals surface area contributed by atoms with Crippen LogP contribution in [0.5, 0.6) is 5.75 Å². The van der Waals surface area contributed by atoms with Gasteiger partial charge in [0.15, 0.2) is 0 Å². The Balaban J connectivity index is 2.06. The summed E-state index contributed by atoms with van der Waals surface area (Å²) in [5.74, 6) is -0.363. The van der Waals surface area contributed by atoms with E-state index < -0.39 is 22.5 Å². The summed E-state index contributed by atoms with van der Waals surface area (Å²) in [6.45, 7) is 1.38. The van der Waals surface area contributed by atoms with Gasteiger partial charge in [0, 0.05) is 12.1 Å². The average molecular weight is 410 g/mol. The summed E-state index contributed by atoms with van der Waals surface area (Å²) >= 11 is 5.87. The lowest BCUT2D eigenvalue weighted by Crippen LogP contribution is -2.36. The van der Waals surface area contributed by atoms with Gasteiger partial charge in [0.05, 0.1) is 19.9 Å². The highest BCUT2D eigenvalue weighted by Gasteiger charge is 2.26. The van der Waals surface area contributed by atoms with Crippen LogP contribution in [0.1, 0.15) is 11.1 Å². The van der Waals surface area contributed by atoms with E-state index >= 15 is 0 Å². The second-order valence-electron chi connectivity index (χ2n) is 5.76. The zero-order valence-corrected chi connectivity index (χ0v) is 16.7. The molecule has 1 N–H and O–H groups in total. The van der Waals surface area contributed by atoms with Crippen LogP contribution in [-0.4, -0.2) is 45.5 Å². The number of ether oxygens (including phenoxy) is 1. The van der Waals surface area contributed by atoms with Crippen molar-refractivity contribution in [2.75, 3.05) is 20.7 Å². The summed E-state index contributed by atoms with van der Waals surface area (Å²) in [4.78, 5) is 12.0. The van der Waals surface area contributed by atoms with Gasteiger partial charge in [-0.05, 0) is 42.3 Å². The number of nitrogens with one attached hydrogen (secondary N) is 1. The van der Waals surface area contributed by atoms with Crippen molar-refractivity contribution in [1.82, 2.24) is 9.73 Å². The first kappa shape index (κ1) is 20.9. The van der Waals surface area contributed by atoms with E-state index in [0.717, 1.165) is 9.87 Å². The number of likely N-dealkylation sites (N-methyl/N-ethyl adjacent to an activating group) is 1. The molecule has 0 aliphatic heterocycles. The van der Waals surface area contributed by atoms with Gasteiger partial charge >= 0.3 is 0 Å². The van der Waals surface area contributed by atoms with E-state index in [0.29, 0.717) is 10.6 Å². The Morgan fingerprint density at radius 3 is 2.70 bits per heavy atom. The van der Waals surface area contributed by atoms with Crippen LogP contribution in [0.15, 0.2) is 52.5 Å². The molecule has 0 unspecified atom stereocenters. The number of aryl methyl sites for hydroxylation is 1. The fourth-order valence-electron chi connectivity index (χ4n) is 2.24. The molecule has 0 spiro atoms. The predicted octanol–water partition coefficient (Wildman–Crippen LogP) is 2.43. The largest absolute Gasteiger partial charge is 0.495 e. The third kappa shape index (κ3) is 5.53. The minimum absolute atomic E-state index is 0.00253. The summed E-state index contributed by atoms with van der Waals surface area (Å²) in [5.41, 5.74) is 3.76. The van der Waals surface area contributed by atoms with Crippen molar-refractivity contribution in [3.8, 4) is 5.75 Å². The summed E-state index contributed by atoms with van der Waals surface area (Å²) in [6.07, 6.45) is 1.42.